The van der Waals surface area contributed by atoms with E-state index >= 15 is 0 Å². The summed E-state index contributed by atoms with van der Waals surface area (Å²) in [7, 11) is 3.13. The zero-order valence-corrected chi connectivity index (χ0v) is 9.15. The SMILES string of the molecule is COc1cccc(OC)c1C1NC(=O)CO1. The van der Waals surface area contributed by atoms with E-state index in [4.69, 9.17) is 14.2 Å². The van der Waals surface area contributed by atoms with Crippen molar-refractivity contribution in [2.24, 2.45) is 0 Å². The molecule has 1 saturated heterocycles. The number of ether oxygens (including phenoxy) is 3. The minimum atomic E-state index is -0.501. The van der Waals surface area contributed by atoms with Crippen LogP contribution < -0.4 is 14.8 Å². The Kier molecular flexibility index (Phi) is 2.96. The summed E-state index contributed by atoms with van der Waals surface area (Å²) in [5.41, 5.74) is 0.707. The van der Waals surface area contributed by atoms with E-state index in [2.05, 4.69) is 5.32 Å². The first kappa shape index (κ1) is 10.8. The molecule has 0 spiro atoms. The lowest BCUT2D eigenvalue weighted by Crippen LogP contribution is -2.20. The van der Waals surface area contributed by atoms with E-state index in [0.29, 0.717) is 17.1 Å². The summed E-state index contributed by atoms with van der Waals surface area (Å²) in [6.07, 6.45) is -0.501. The maximum Gasteiger partial charge on any atom is 0.248 e. The van der Waals surface area contributed by atoms with Gasteiger partial charge in [0.05, 0.1) is 19.8 Å². The van der Waals surface area contributed by atoms with E-state index in [1.54, 1.807) is 26.4 Å². The molecule has 0 saturated carbocycles. The second-order valence-corrected chi connectivity index (χ2v) is 3.33. The number of rotatable bonds is 3. The average molecular weight is 223 g/mol. The molecular formula is C11H13NO4. The second-order valence-electron chi connectivity index (χ2n) is 3.33. The molecule has 1 aromatic rings. The van der Waals surface area contributed by atoms with Gasteiger partial charge in [0.2, 0.25) is 5.91 Å². The number of hydrogen-bond donors (Lipinski definition) is 1. The minimum absolute atomic E-state index is 0.0614. The van der Waals surface area contributed by atoms with Crippen molar-refractivity contribution in [3.05, 3.63) is 23.8 Å². The van der Waals surface area contributed by atoms with E-state index in [1.807, 2.05) is 6.07 Å². The highest BCUT2D eigenvalue weighted by molar-refractivity contribution is 5.79. The maximum atomic E-state index is 11.1. The third-order valence-corrected chi connectivity index (χ3v) is 2.40. The summed E-state index contributed by atoms with van der Waals surface area (Å²) in [5.74, 6) is 1.12. The van der Waals surface area contributed by atoms with Gasteiger partial charge in [-0.05, 0) is 12.1 Å². The number of methoxy groups -OCH3 is 2. The number of nitrogens with one attached hydrogen (secondary N) is 1. The lowest BCUT2D eigenvalue weighted by atomic mass is 10.1. The zero-order chi connectivity index (χ0) is 11.5. The molecule has 1 aliphatic heterocycles. The van der Waals surface area contributed by atoms with E-state index in [-0.39, 0.29) is 12.5 Å². The van der Waals surface area contributed by atoms with Crippen LogP contribution in [0.25, 0.3) is 0 Å². The summed E-state index contributed by atoms with van der Waals surface area (Å²) in [6.45, 7) is 0.0614. The van der Waals surface area contributed by atoms with Gasteiger partial charge in [0.25, 0.3) is 0 Å². The van der Waals surface area contributed by atoms with Gasteiger partial charge in [-0.25, -0.2) is 0 Å². The molecule has 1 atom stereocenters. The van der Waals surface area contributed by atoms with Crippen LogP contribution in [0.1, 0.15) is 11.8 Å². The molecule has 5 nitrogen and oxygen atoms in total. The highest BCUT2D eigenvalue weighted by Crippen LogP contribution is 2.35. The van der Waals surface area contributed by atoms with Crippen LogP contribution in [0.3, 0.4) is 0 Å². The third kappa shape index (κ3) is 1.81. The average Bonchev–Trinajstić information content (AvgIpc) is 2.74. The molecule has 1 aliphatic rings. The van der Waals surface area contributed by atoms with Crippen molar-refractivity contribution in [2.75, 3.05) is 20.8 Å². The highest BCUT2D eigenvalue weighted by Gasteiger charge is 2.28. The largest absolute Gasteiger partial charge is 0.496 e. The predicted octanol–water partition coefficient (Wildman–Crippen LogP) is 0.849. The first-order chi connectivity index (χ1) is 7.76. The zero-order valence-electron chi connectivity index (χ0n) is 9.15. The molecule has 0 aromatic heterocycles. The van der Waals surface area contributed by atoms with Gasteiger partial charge < -0.3 is 19.5 Å². The van der Waals surface area contributed by atoms with Crippen molar-refractivity contribution in [1.29, 1.82) is 0 Å². The van der Waals surface area contributed by atoms with Gasteiger partial charge >= 0.3 is 0 Å². The smallest absolute Gasteiger partial charge is 0.248 e. The molecule has 0 aliphatic carbocycles. The Morgan fingerprint density at radius 2 is 1.94 bits per heavy atom. The van der Waals surface area contributed by atoms with Gasteiger partial charge in [-0.1, -0.05) is 6.07 Å². The van der Waals surface area contributed by atoms with Crippen LogP contribution in [0.2, 0.25) is 0 Å². The molecule has 0 bridgehead atoms. The molecule has 1 amide bonds. The molecule has 1 N–H and O–H groups in total. The fourth-order valence-electron chi connectivity index (χ4n) is 1.68. The molecule has 2 rings (SSSR count). The number of benzene rings is 1. The molecule has 1 aromatic carbocycles. The predicted molar refractivity (Wildman–Crippen MR) is 56.4 cm³/mol. The highest BCUT2D eigenvalue weighted by atomic mass is 16.5. The molecule has 0 radical (unpaired) electrons. The van der Waals surface area contributed by atoms with Crippen LogP contribution in [0.4, 0.5) is 0 Å². The summed E-state index contributed by atoms with van der Waals surface area (Å²) in [4.78, 5) is 11.1. The minimum Gasteiger partial charge on any atom is -0.496 e. The molecule has 86 valence electrons. The van der Waals surface area contributed by atoms with Crippen molar-refractivity contribution in [1.82, 2.24) is 5.32 Å². The van der Waals surface area contributed by atoms with Crippen molar-refractivity contribution in [2.45, 2.75) is 6.23 Å². The molecule has 1 heterocycles. The molecule has 5 heteroatoms. The van der Waals surface area contributed by atoms with Gasteiger partial charge in [0.1, 0.15) is 18.1 Å². The topological polar surface area (TPSA) is 56.8 Å². The Labute approximate surface area is 93.3 Å². The van der Waals surface area contributed by atoms with Gasteiger partial charge in [0.15, 0.2) is 6.23 Å². The van der Waals surface area contributed by atoms with Crippen LogP contribution in [0, 0.1) is 0 Å². The lowest BCUT2D eigenvalue weighted by Gasteiger charge is -2.17. The first-order valence-corrected chi connectivity index (χ1v) is 4.88. The van der Waals surface area contributed by atoms with Crippen molar-refractivity contribution in [3.8, 4) is 11.5 Å². The fourth-order valence-corrected chi connectivity index (χ4v) is 1.68. The standard InChI is InChI=1S/C11H13NO4/c1-14-7-4-3-5-8(15-2)10(7)11-12-9(13)6-16-11/h3-5,11H,6H2,1-2H3,(H,12,13). The van der Waals surface area contributed by atoms with Crippen molar-refractivity contribution < 1.29 is 19.0 Å². The Morgan fingerprint density at radius 3 is 2.38 bits per heavy atom. The van der Waals surface area contributed by atoms with Crippen LogP contribution >= 0.6 is 0 Å². The summed E-state index contributed by atoms with van der Waals surface area (Å²) in [6, 6.07) is 5.41. The van der Waals surface area contributed by atoms with Gasteiger partial charge in [-0.3, -0.25) is 4.79 Å². The molecular weight excluding hydrogens is 210 g/mol. The number of carbonyl (C=O) groups is 1. The van der Waals surface area contributed by atoms with E-state index < -0.39 is 6.23 Å². The fraction of sp³-hybridized carbons (Fsp3) is 0.364. The molecule has 16 heavy (non-hydrogen) atoms. The van der Waals surface area contributed by atoms with Gasteiger partial charge in [0, 0.05) is 0 Å². The van der Waals surface area contributed by atoms with Crippen LogP contribution in [0.15, 0.2) is 18.2 Å². The lowest BCUT2D eigenvalue weighted by molar-refractivity contribution is -0.119. The maximum absolute atomic E-state index is 11.1. The number of hydrogen-bond acceptors (Lipinski definition) is 4. The van der Waals surface area contributed by atoms with Crippen molar-refractivity contribution in [3.63, 3.8) is 0 Å². The summed E-state index contributed by atoms with van der Waals surface area (Å²) >= 11 is 0. The monoisotopic (exact) mass is 223 g/mol. The summed E-state index contributed by atoms with van der Waals surface area (Å²) in [5, 5.41) is 2.70. The summed E-state index contributed by atoms with van der Waals surface area (Å²) < 4.78 is 15.8. The number of carbonyl (C=O) groups excluding carboxylic acids is 1. The number of amides is 1. The first-order valence-electron chi connectivity index (χ1n) is 4.88. The van der Waals surface area contributed by atoms with E-state index in [0.717, 1.165) is 0 Å². The normalized spacial score (nSPS) is 19.4. The Morgan fingerprint density at radius 1 is 1.31 bits per heavy atom. The van der Waals surface area contributed by atoms with Crippen LogP contribution in [-0.4, -0.2) is 26.7 Å². The Hall–Kier alpha value is -1.75. The third-order valence-electron chi connectivity index (χ3n) is 2.40. The van der Waals surface area contributed by atoms with E-state index in [1.165, 1.54) is 0 Å². The van der Waals surface area contributed by atoms with Crippen molar-refractivity contribution >= 4 is 5.91 Å². The van der Waals surface area contributed by atoms with Gasteiger partial charge in [-0.15, -0.1) is 0 Å². The molecule has 1 fully saturated rings. The Bertz CT molecular complexity index is 383. The van der Waals surface area contributed by atoms with Crippen LogP contribution in [-0.2, 0) is 9.53 Å². The molecule has 1 unspecified atom stereocenters. The second kappa shape index (κ2) is 4.40. The van der Waals surface area contributed by atoms with E-state index in [9.17, 15) is 4.79 Å². The Balaban J connectivity index is 2.40. The van der Waals surface area contributed by atoms with Crippen LogP contribution in [0.5, 0.6) is 11.5 Å². The quantitative estimate of drug-likeness (QED) is 0.825. The van der Waals surface area contributed by atoms with Gasteiger partial charge in [-0.2, -0.15) is 0 Å².